The van der Waals surface area contributed by atoms with Gasteiger partial charge in [0.25, 0.3) is 0 Å². The number of carboxylic acid groups (broad SMARTS) is 1. The molecule has 0 spiro atoms. The molecule has 0 fully saturated rings. The first-order valence-electron chi connectivity index (χ1n) is 12.2. The molecular formula is C30H38O3. The van der Waals surface area contributed by atoms with E-state index in [-0.39, 0.29) is 0 Å². The number of unbranched alkanes of at least 4 members (excludes halogenated alkanes) is 7. The number of hydrogen-bond donors (Lipinski definition) is 1. The molecule has 0 aromatic heterocycles. The number of aryl methyl sites for hydroxylation is 1. The molecule has 0 aliphatic heterocycles. The van der Waals surface area contributed by atoms with E-state index in [2.05, 4.69) is 62.4 Å². The molecule has 33 heavy (non-hydrogen) atoms. The van der Waals surface area contributed by atoms with Crippen LogP contribution in [0.15, 0.2) is 78.9 Å². The Labute approximate surface area is 199 Å². The number of carbonyl (C=O) groups is 1. The normalized spacial score (nSPS) is 10.2. The van der Waals surface area contributed by atoms with Crippen LogP contribution in [0.2, 0.25) is 0 Å². The van der Waals surface area contributed by atoms with Crippen molar-refractivity contribution in [3.05, 3.63) is 90.0 Å². The van der Waals surface area contributed by atoms with Gasteiger partial charge in [-0.3, -0.25) is 0 Å². The van der Waals surface area contributed by atoms with Gasteiger partial charge in [0.05, 0.1) is 12.2 Å². The van der Waals surface area contributed by atoms with E-state index in [1.807, 2.05) is 0 Å². The summed E-state index contributed by atoms with van der Waals surface area (Å²) in [5, 5.41) is 8.38. The first kappa shape index (κ1) is 26.2. The summed E-state index contributed by atoms with van der Waals surface area (Å²) in [7, 11) is 0. The van der Waals surface area contributed by atoms with E-state index in [1.54, 1.807) is 30.3 Å². The summed E-state index contributed by atoms with van der Waals surface area (Å²) in [5.41, 5.74) is 4.16. The fraction of sp³-hybridized carbons (Fsp3) is 0.367. The van der Waals surface area contributed by atoms with Crippen LogP contribution in [0.3, 0.4) is 0 Å². The topological polar surface area (TPSA) is 46.5 Å². The highest BCUT2D eigenvalue weighted by molar-refractivity contribution is 5.87. The van der Waals surface area contributed by atoms with E-state index >= 15 is 0 Å². The van der Waals surface area contributed by atoms with Crippen molar-refractivity contribution < 1.29 is 14.6 Å². The Hall–Kier alpha value is -3.07. The molecule has 176 valence electrons. The minimum Gasteiger partial charge on any atom is -0.494 e. The van der Waals surface area contributed by atoms with Gasteiger partial charge in [0.15, 0.2) is 0 Å². The average Bonchev–Trinajstić information content (AvgIpc) is 2.84. The Morgan fingerprint density at radius 2 is 1.33 bits per heavy atom. The van der Waals surface area contributed by atoms with Gasteiger partial charge in [-0.1, -0.05) is 106 Å². The highest BCUT2D eigenvalue weighted by atomic mass is 16.5. The van der Waals surface area contributed by atoms with Crippen LogP contribution in [-0.4, -0.2) is 17.7 Å². The van der Waals surface area contributed by atoms with Crippen molar-refractivity contribution in [3.63, 3.8) is 0 Å². The minimum absolute atomic E-state index is 0.331. The summed E-state index contributed by atoms with van der Waals surface area (Å²) in [6, 6.07) is 25.3. The molecule has 0 aliphatic carbocycles. The molecule has 0 aliphatic rings. The summed E-state index contributed by atoms with van der Waals surface area (Å²) < 4.78 is 5.92. The van der Waals surface area contributed by atoms with Crippen molar-refractivity contribution in [2.24, 2.45) is 0 Å². The highest BCUT2D eigenvalue weighted by Gasteiger charge is 2.03. The summed E-state index contributed by atoms with van der Waals surface area (Å²) >= 11 is 0. The number of benzene rings is 3. The molecule has 3 aromatic rings. The lowest BCUT2D eigenvalue weighted by atomic mass is 10.0. The zero-order chi connectivity index (χ0) is 23.7. The minimum atomic E-state index is -0.879. The van der Waals surface area contributed by atoms with Crippen LogP contribution in [-0.2, 0) is 0 Å². The molecule has 0 bridgehead atoms. The van der Waals surface area contributed by atoms with Gasteiger partial charge in [0, 0.05) is 0 Å². The van der Waals surface area contributed by atoms with Crippen LogP contribution >= 0.6 is 0 Å². The third-order valence-corrected chi connectivity index (χ3v) is 5.57. The molecule has 0 saturated carbocycles. The van der Waals surface area contributed by atoms with E-state index in [0.717, 1.165) is 18.8 Å². The van der Waals surface area contributed by atoms with E-state index in [0.29, 0.717) is 5.56 Å². The lowest BCUT2D eigenvalue weighted by molar-refractivity contribution is 0.0697. The monoisotopic (exact) mass is 446 g/mol. The zero-order valence-electron chi connectivity index (χ0n) is 20.1. The van der Waals surface area contributed by atoms with Crippen LogP contribution in [0.4, 0.5) is 0 Å². The van der Waals surface area contributed by atoms with Crippen LogP contribution in [0.5, 0.6) is 5.75 Å². The molecule has 0 radical (unpaired) electrons. The maximum atomic E-state index is 10.2. The third-order valence-electron chi connectivity index (χ3n) is 5.57. The Morgan fingerprint density at radius 3 is 1.88 bits per heavy atom. The maximum Gasteiger partial charge on any atom is 0.335 e. The van der Waals surface area contributed by atoms with Crippen LogP contribution in [0.25, 0.3) is 11.1 Å². The van der Waals surface area contributed by atoms with E-state index in [9.17, 15) is 4.79 Å². The molecule has 3 rings (SSSR count). The van der Waals surface area contributed by atoms with Crippen LogP contribution in [0.1, 0.15) is 74.2 Å². The lowest BCUT2D eigenvalue weighted by Crippen LogP contribution is -1.98. The van der Waals surface area contributed by atoms with E-state index in [4.69, 9.17) is 9.84 Å². The Bertz CT molecular complexity index is 920. The first-order valence-corrected chi connectivity index (χ1v) is 12.2. The first-order chi connectivity index (χ1) is 16.1. The smallest absolute Gasteiger partial charge is 0.335 e. The molecule has 3 nitrogen and oxygen atoms in total. The van der Waals surface area contributed by atoms with Gasteiger partial charge < -0.3 is 9.84 Å². The van der Waals surface area contributed by atoms with Crippen molar-refractivity contribution in [2.45, 2.75) is 65.2 Å². The van der Waals surface area contributed by atoms with Crippen molar-refractivity contribution in [3.8, 4) is 16.9 Å². The fourth-order valence-corrected chi connectivity index (χ4v) is 3.67. The van der Waals surface area contributed by atoms with Gasteiger partial charge in [-0.15, -0.1) is 0 Å². The van der Waals surface area contributed by atoms with E-state index in [1.165, 1.54) is 61.6 Å². The number of aromatic carboxylic acids is 1. The van der Waals surface area contributed by atoms with Crippen molar-refractivity contribution in [1.29, 1.82) is 0 Å². The zero-order valence-corrected chi connectivity index (χ0v) is 20.1. The summed E-state index contributed by atoms with van der Waals surface area (Å²) in [6.45, 7) is 5.26. The predicted octanol–water partition coefficient (Wildman–Crippen LogP) is 8.57. The van der Waals surface area contributed by atoms with Crippen molar-refractivity contribution in [1.82, 2.24) is 0 Å². The summed E-state index contributed by atoms with van der Waals surface area (Å²) in [6.07, 6.45) is 10.7. The third kappa shape index (κ3) is 10.4. The average molecular weight is 447 g/mol. The molecular weight excluding hydrogens is 408 g/mol. The van der Waals surface area contributed by atoms with Gasteiger partial charge in [-0.05, 0) is 54.3 Å². The Morgan fingerprint density at radius 1 is 0.758 bits per heavy atom. The quantitative estimate of drug-likeness (QED) is 0.283. The second-order valence-electron chi connectivity index (χ2n) is 8.34. The van der Waals surface area contributed by atoms with Gasteiger partial charge in [-0.25, -0.2) is 4.79 Å². The molecule has 0 unspecified atom stereocenters. The van der Waals surface area contributed by atoms with Gasteiger partial charge in [-0.2, -0.15) is 0 Å². The van der Waals surface area contributed by atoms with Gasteiger partial charge in [0.2, 0.25) is 0 Å². The molecule has 3 aromatic carbocycles. The maximum absolute atomic E-state index is 10.2. The molecule has 3 heteroatoms. The van der Waals surface area contributed by atoms with Crippen molar-refractivity contribution >= 4 is 5.97 Å². The lowest BCUT2D eigenvalue weighted by Gasteiger charge is -2.10. The van der Waals surface area contributed by atoms with Crippen LogP contribution in [0, 0.1) is 6.92 Å². The molecule has 1 N–H and O–H groups in total. The second kappa shape index (κ2) is 15.7. The SMILES string of the molecule is CCCCCCCCCCOc1ccc(-c2ccccc2)c(C)c1.O=C(O)c1ccccc1. The Balaban J connectivity index is 0.000000357. The van der Waals surface area contributed by atoms with Crippen molar-refractivity contribution in [2.75, 3.05) is 6.61 Å². The summed E-state index contributed by atoms with van der Waals surface area (Å²) in [4.78, 5) is 10.2. The standard InChI is InChI=1S/C23H32O.C7H6O2/c1-3-4-5-6-7-8-9-13-18-24-22-16-17-23(20(2)19-22)21-14-11-10-12-15-21;8-7(9)6-4-2-1-3-5-6/h10-12,14-17,19H,3-9,13,18H2,1-2H3;1-5H,(H,8,9). The van der Waals surface area contributed by atoms with Gasteiger partial charge in [0.1, 0.15) is 5.75 Å². The number of rotatable bonds is 12. The highest BCUT2D eigenvalue weighted by Crippen LogP contribution is 2.26. The second-order valence-corrected chi connectivity index (χ2v) is 8.34. The molecule has 0 amide bonds. The van der Waals surface area contributed by atoms with E-state index < -0.39 is 5.97 Å². The largest absolute Gasteiger partial charge is 0.494 e. The van der Waals surface area contributed by atoms with Crippen LogP contribution < -0.4 is 4.74 Å². The van der Waals surface area contributed by atoms with Gasteiger partial charge >= 0.3 is 5.97 Å². The number of hydrogen-bond acceptors (Lipinski definition) is 2. The predicted molar refractivity (Wildman–Crippen MR) is 138 cm³/mol. The molecule has 0 saturated heterocycles. The fourth-order valence-electron chi connectivity index (χ4n) is 3.67. The Kier molecular flexibility index (Phi) is 12.4. The molecule has 0 heterocycles. The number of carboxylic acids is 1. The summed E-state index contributed by atoms with van der Waals surface area (Å²) in [5.74, 6) is 0.116. The number of ether oxygens (including phenoxy) is 1. The molecule has 0 atom stereocenters.